The second-order valence-corrected chi connectivity index (χ2v) is 93.1. The van der Waals surface area contributed by atoms with Crippen molar-refractivity contribution in [3.63, 3.8) is 0 Å². The van der Waals surface area contributed by atoms with Crippen LogP contribution in [0.2, 0.25) is 133 Å². The number of hydrogen-bond donors (Lipinski definition) is 0. The molecule has 0 saturated carbocycles. The zero-order valence-electron chi connectivity index (χ0n) is 94.8. The van der Waals surface area contributed by atoms with Crippen LogP contribution < -0.4 is 9.97 Å². The molecule has 2 aliphatic heterocycles. The van der Waals surface area contributed by atoms with Crippen molar-refractivity contribution < 1.29 is 0 Å². The molecule has 8 nitrogen and oxygen atoms in total. The van der Waals surface area contributed by atoms with Gasteiger partial charge in [0.15, 0.2) is 0 Å². The summed E-state index contributed by atoms with van der Waals surface area (Å²) in [5.74, 6) is 34.1. The Morgan fingerprint density at radius 3 is 0.365 bits per heavy atom. The first-order chi connectivity index (χ1) is 63.1. The Morgan fingerprint density at radius 2 is 0.263 bits per heavy atom. The van der Waals surface area contributed by atoms with Crippen molar-refractivity contribution in [3.8, 4) is 137 Å². The van der Waals surface area contributed by atoms with E-state index in [0.29, 0.717) is 179 Å². The maximum Gasteiger partial charge on any atom is 2.00 e. The van der Waals surface area contributed by atoms with Crippen LogP contribution in [0.15, 0.2) is 48.5 Å². The Bertz CT molecular complexity index is 5400. The molecule has 5 heterocycles. The first-order valence-corrected chi connectivity index (χ1v) is 70.7. The first kappa shape index (κ1) is 115. The fourth-order valence-electron chi connectivity index (χ4n) is 27.5. The largest absolute Gasteiger partial charge is 2.00 e. The molecule has 730 valence electrons. The van der Waals surface area contributed by atoms with Crippen LogP contribution in [0.1, 0.15) is 377 Å². The molecule has 0 radical (unpaired) electrons. The number of fused-ring (bicyclic) bond motifs is 20. The third-order valence-electron chi connectivity index (χ3n) is 34.5. The molecule has 3 aromatic heterocycles. The maximum absolute atomic E-state index is 5.98. The molecule has 137 heavy (non-hydrogen) atoms. The Labute approximate surface area is 860 Å². The number of hydrogen-bond acceptors (Lipinski definition) is 6. The van der Waals surface area contributed by atoms with E-state index >= 15 is 0 Å². The van der Waals surface area contributed by atoms with Crippen LogP contribution in [-0.2, 0) is 0 Å². The molecule has 0 fully saturated rings. The van der Waals surface area contributed by atoms with Crippen molar-refractivity contribution in [2.24, 2.45) is 0 Å². The van der Waals surface area contributed by atoms with Crippen molar-refractivity contribution >= 4 is 132 Å². The van der Waals surface area contributed by atoms with E-state index in [1.807, 2.05) is 0 Å². The summed E-state index contributed by atoms with van der Waals surface area (Å²) in [5.41, 5.74) is 54.7. The fourth-order valence-corrected chi connectivity index (χ4v) is 69.3. The summed E-state index contributed by atoms with van der Waals surface area (Å²) in [6, 6.07) is 18.0. The summed E-state index contributed by atoms with van der Waals surface area (Å²) in [6.45, 7) is 115. The van der Waals surface area contributed by atoms with E-state index in [1.54, 1.807) is 0 Å². The standard InChI is InChI=1S/C120H176N8Si8.Mg/c1-73(2)129(74(3)4,75(5)6)57-49-97-65-105-106(66-98(97)50-58-130(76(7)8,77(9)10)78(11)12)114-121-113(105)125-115-107-67-99(51-59-131(79(13)14,80(15)16)81(17)18)100(52-60-132(82(19)20,83(21)22)84(23)24)68-108(107)117(122-115)127-119-111-71-103(55-63-135(91(37)38,92(39)40)93(41)42)104(56-64-136(94(43)44,95(45)46)96(47)48)72-112(111)120(124-119)128-118-110-70-102(54-62-134(88(31)32,89(33)34)90(35)36)101(69-109(110)116(123-118)126-114)53-61-133(85(25)26,86(27)28)87(29)30;/h65-96H,1-48H3;/q-2;+2. The van der Waals surface area contributed by atoms with Gasteiger partial charge in [0.1, 0.15) is 64.6 Å². The van der Waals surface area contributed by atoms with E-state index in [1.165, 1.54) is 0 Å². The summed E-state index contributed by atoms with van der Waals surface area (Å²) >= 11 is 0. The van der Waals surface area contributed by atoms with Gasteiger partial charge < -0.3 is 29.9 Å². The van der Waals surface area contributed by atoms with Gasteiger partial charge in [0.05, 0.1) is 23.3 Å². The molecular formula is C120H176MgN8Si8. The number of aromatic nitrogens is 8. The average Bonchev–Trinajstić information content (AvgIpc) is 1.59. The van der Waals surface area contributed by atoms with Gasteiger partial charge in [-0.25, -0.2) is 9.97 Å². The summed E-state index contributed by atoms with van der Waals surface area (Å²) in [6.07, 6.45) is 0. The SMILES string of the molecule is CC(C)[Si](C#Cc1cc2c(cc1C#C[Si](C(C)C)(C(C)C)C(C)C)-c1nc-2nc2[n-]c(nc3nc(nc4[n-]c(n1)c1cc(C#C[Si](C(C)C)(C(C)C)C(C)C)c(C#C[Si](C(C)C)(C(C)C)C(C)C)cc41)-c1cc(C#C[Si](C(C)C)(C(C)C)C(C)C)c(C#C[Si](C(C)C)(C(C)C)C(C)C)cc1-3)c1cc(C#C[Si](C(C)C)(C(C)C)C(C)C)c(C#C[Si](C(C)C)(C(C)C)C(C)C)cc21)(C(C)C)C(C)C.[Mg+2]. The molecule has 0 aliphatic carbocycles. The molecule has 8 bridgehead atoms. The van der Waals surface area contributed by atoms with Crippen LogP contribution in [0.4, 0.5) is 0 Å². The van der Waals surface area contributed by atoms with Gasteiger partial charge in [-0.05, 0) is 203 Å². The first-order valence-electron chi connectivity index (χ1n) is 52.8. The Hall–Kier alpha value is -6.78. The summed E-state index contributed by atoms with van der Waals surface area (Å²) < 4.78 is 0. The van der Waals surface area contributed by atoms with Crippen molar-refractivity contribution in [2.45, 2.75) is 465 Å². The summed E-state index contributed by atoms with van der Waals surface area (Å²) in [4.78, 5) is 47.4. The van der Waals surface area contributed by atoms with Crippen molar-refractivity contribution in [3.05, 3.63) is 93.0 Å². The molecule has 0 atom stereocenters. The number of nitrogens with zero attached hydrogens (tertiary/aromatic N) is 8. The van der Waals surface area contributed by atoms with Crippen LogP contribution in [-0.4, -0.2) is 118 Å². The minimum atomic E-state index is -2.38. The van der Waals surface area contributed by atoms with Gasteiger partial charge in [-0.1, -0.05) is 380 Å². The van der Waals surface area contributed by atoms with Crippen molar-refractivity contribution in [1.29, 1.82) is 0 Å². The molecule has 7 aromatic rings. The average molecular weight is 1980 g/mol. The third kappa shape index (κ3) is 21.3. The Kier molecular flexibility index (Phi) is 38.0. The molecular weight excluding hydrogens is 1800 g/mol. The van der Waals surface area contributed by atoms with Gasteiger partial charge in [0.25, 0.3) is 0 Å². The Balaban J connectivity index is 0.0000230. The second kappa shape index (κ2) is 45.0. The van der Waals surface area contributed by atoms with Gasteiger partial charge in [-0.3, -0.25) is 0 Å². The predicted molar refractivity (Wildman–Crippen MR) is 623 cm³/mol. The molecule has 0 saturated heterocycles. The van der Waals surface area contributed by atoms with Gasteiger partial charge in [0, 0.05) is 89.4 Å². The van der Waals surface area contributed by atoms with Crippen LogP contribution in [0.25, 0.3) is 89.7 Å². The molecule has 0 N–H and O–H groups in total. The van der Waals surface area contributed by atoms with E-state index in [0.717, 1.165) is 88.3 Å². The number of benzene rings is 4. The van der Waals surface area contributed by atoms with E-state index in [2.05, 4.69) is 473 Å². The van der Waals surface area contributed by atoms with Gasteiger partial charge in [-0.2, -0.15) is 0 Å². The molecule has 9 rings (SSSR count). The monoisotopic (exact) mass is 1980 g/mol. The molecule has 2 aliphatic rings. The third-order valence-corrected chi connectivity index (χ3v) is 84.8. The molecule has 4 aromatic carbocycles. The molecule has 0 unspecified atom stereocenters. The summed E-state index contributed by atoms with van der Waals surface area (Å²) in [7, 11) is -19.0. The van der Waals surface area contributed by atoms with Gasteiger partial charge >= 0.3 is 23.1 Å². The predicted octanol–water partition coefficient (Wildman–Crippen LogP) is 34.3. The molecule has 0 amide bonds. The van der Waals surface area contributed by atoms with Gasteiger partial charge in [-0.15, -0.1) is 44.3 Å². The minimum absolute atomic E-state index is 0. The molecule has 0 spiro atoms. The second-order valence-electron chi connectivity index (χ2n) is 48.4. The quantitative estimate of drug-likeness (QED) is 0.0435. The van der Waals surface area contributed by atoms with Crippen LogP contribution in [0, 0.1) is 91.7 Å². The van der Waals surface area contributed by atoms with Crippen molar-refractivity contribution in [2.75, 3.05) is 0 Å². The van der Waals surface area contributed by atoms with Gasteiger partial charge in [0.2, 0.25) is 0 Å². The van der Waals surface area contributed by atoms with E-state index in [-0.39, 0.29) is 23.1 Å². The van der Waals surface area contributed by atoms with E-state index in [9.17, 15) is 0 Å². The minimum Gasteiger partial charge on any atom is -0.357 e. The van der Waals surface area contributed by atoms with Crippen LogP contribution in [0.3, 0.4) is 0 Å². The fraction of sp³-hybridized carbons (Fsp3) is 0.600. The zero-order valence-corrected chi connectivity index (χ0v) is 104. The van der Waals surface area contributed by atoms with Crippen LogP contribution >= 0.6 is 0 Å². The number of rotatable bonds is 24. The zero-order chi connectivity index (χ0) is 102. The smallest absolute Gasteiger partial charge is 0.357 e. The van der Waals surface area contributed by atoms with E-state index in [4.69, 9.17) is 39.9 Å². The Morgan fingerprint density at radius 1 is 0.161 bits per heavy atom. The summed E-state index contributed by atoms with van der Waals surface area (Å²) in [5, 5.41) is 3.13. The van der Waals surface area contributed by atoms with E-state index < -0.39 is 64.6 Å². The normalized spacial score (nSPS) is 13.1. The van der Waals surface area contributed by atoms with Crippen LogP contribution in [0.5, 0.6) is 0 Å². The maximum atomic E-state index is 5.98. The topological polar surface area (TPSA) is 106 Å². The van der Waals surface area contributed by atoms with Crippen molar-refractivity contribution in [1.82, 2.24) is 39.9 Å². The molecule has 17 heteroatoms.